The summed E-state index contributed by atoms with van der Waals surface area (Å²) in [6.45, 7) is 0. The van der Waals surface area contributed by atoms with E-state index in [9.17, 15) is 0 Å². The third kappa shape index (κ3) is 2.05. The van der Waals surface area contributed by atoms with Gasteiger partial charge in [0.15, 0.2) is 0 Å². The van der Waals surface area contributed by atoms with Gasteiger partial charge in [0, 0.05) is 18.0 Å². The highest BCUT2D eigenvalue weighted by Gasteiger charge is 2.09. The molecule has 0 bridgehead atoms. The summed E-state index contributed by atoms with van der Waals surface area (Å²) in [7, 11) is 0. The zero-order valence-corrected chi connectivity index (χ0v) is 9.28. The minimum absolute atomic E-state index is 0.317. The summed E-state index contributed by atoms with van der Waals surface area (Å²) in [5.41, 5.74) is 2.78. The van der Waals surface area contributed by atoms with Crippen LogP contribution in [0.5, 0.6) is 0 Å². The maximum absolute atomic E-state index is 8.76. The molecule has 0 unspecified atom stereocenters. The number of hydrogen-bond acceptors (Lipinski definition) is 2. The van der Waals surface area contributed by atoms with Crippen molar-refractivity contribution in [2.45, 2.75) is 6.42 Å². The molecule has 1 heterocycles. The molecule has 0 saturated heterocycles. The van der Waals surface area contributed by atoms with Gasteiger partial charge in [-0.2, -0.15) is 5.26 Å². The van der Waals surface area contributed by atoms with Crippen LogP contribution in [0.2, 0.25) is 5.02 Å². The number of pyridine rings is 1. The highest BCUT2D eigenvalue weighted by atomic mass is 35.5. The molecule has 0 saturated carbocycles. The average Bonchev–Trinajstić information content (AvgIpc) is 2.31. The Hall–Kier alpha value is -1.85. The molecule has 0 aliphatic heterocycles. The lowest BCUT2D eigenvalue weighted by molar-refractivity contribution is 1.19. The Balaban J connectivity index is 2.60. The number of nitrogens with zero attached hydrogens (tertiary/aromatic N) is 2. The maximum Gasteiger partial charge on any atom is 0.0670 e. The van der Waals surface area contributed by atoms with Crippen LogP contribution in [0.3, 0.4) is 0 Å². The van der Waals surface area contributed by atoms with Crippen molar-refractivity contribution in [3.05, 3.63) is 53.3 Å². The minimum atomic E-state index is 0.317. The van der Waals surface area contributed by atoms with Crippen LogP contribution in [0, 0.1) is 11.3 Å². The van der Waals surface area contributed by atoms with Crippen LogP contribution < -0.4 is 0 Å². The number of halogens is 1. The molecular weight excluding hydrogens is 220 g/mol. The van der Waals surface area contributed by atoms with Gasteiger partial charge in [0.05, 0.1) is 17.5 Å². The van der Waals surface area contributed by atoms with Gasteiger partial charge in [0.25, 0.3) is 0 Å². The van der Waals surface area contributed by atoms with Crippen molar-refractivity contribution in [1.29, 1.82) is 5.26 Å². The van der Waals surface area contributed by atoms with Crippen LogP contribution >= 0.6 is 11.6 Å². The first-order valence-corrected chi connectivity index (χ1v) is 5.25. The Bertz CT molecular complexity index is 529. The first-order chi connectivity index (χ1) is 7.83. The smallest absolute Gasteiger partial charge is 0.0670 e. The van der Waals surface area contributed by atoms with Gasteiger partial charge in [-0.25, -0.2) is 0 Å². The molecule has 16 heavy (non-hydrogen) atoms. The van der Waals surface area contributed by atoms with Crippen LogP contribution in [0.25, 0.3) is 11.1 Å². The number of nitriles is 1. The lowest BCUT2D eigenvalue weighted by Crippen LogP contribution is -1.91. The molecule has 3 heteroatoms. The molecular formula is C13H9ClN2. The summed E-state index contributed by atoms with van der Waals surface area (Å²) < 4.78 is 0. The first-order valence-electron chi connectivity index (χ1n) is 4.87. The van der Waals surface area contributed by atoms with E-state index in [1.807, 2.05) is 30.3 Å². The molecule has 78 valence electrons. The second-order valence-electron chi connectivity index (χ2n) is 3.36. The molecule has 0 aliphatic carbocycles. The summed E-state index contributed by atoms with van der Waals surface area (Å²) in [6.07, 6.45) is 3.61. The van der Waals surface area contributed by atoms with Crippen LogP contribution in [0.4, 0.5) is 0 Å². The molecule has 0 aliphatic rings. The number of benzene rings is 1. The monoisotopic (exact) mass is 228 g/mol. The van der Waals surface area contributed by atoms with Gasteiger partial charge in [-0.3, -0.25) is 4.98 Å². The van der Waals surface area contributed by atoms with E-state index >= 15 is 0 Å². The summed E-state index contributed by atoms with van der Waals surface area (Å²) >= 11 is 6.13. The highest BCUT2D eigenvalue weighted by molar-refractivity contribution is 6.33. The fourth-order valence-corrected chi connectivity index (χ4v) is 1.91. The van der Waals surface area contributed by atoms with Crippen molar-refractivity contribution in [2.24, 2.45) is 0 Å². The fraction of sp³-hybridized carbons (Fsp3) is 0.0769. The minimum Gasteiger partial charge on any atom is -0.263 e. The SMILES string of the molecule is N#CCc1cncc(Cl)c1-c1ccccc1. The van der Waals surface area contributed by atoms with Gasteiger partial charge < -0.3 is 0 Å². The van der Waals surface area contributed by atoms with Crippen LogP contribution in [0.1, 0.15) is 5.56 Å². The zero-order chi connectivity index (χ0) is 11.4. The lowest BCUT2D eigenvalue weighted by Gasteiger charge is -2.08. The topological polar surface area (TPSA) is 36.7 Å². The number of aromatic nitrogens is 1. The largest absolute Gasteiger partial charge is 0.263 e. The van der Waals surface area contributed by atoms with E-state index in [4.69, 9.17) is 16.9 Å². The van der Waals surface area contributed by atoms with E-state index in [-0.39, 0.29) is 0 Å². The molecule has 0 N–H and O–H groups in total. The van der Waals surface area contributed by atoms with Gasteiger partial charge in [-0.05, 0) is 11.1 Å². The third-order valence-electron chi connectivity index (χ3n) is 2.31. The van der Waals surface area contributed by atoms with Crippen molar-refractivity contribution < 1.29 is 0 Å². The standard InChI is InChI=1S/C13H9ClN2/c14-12-9-16-8-11(6-7-15)13(12)10-4-2-1-3-5-10/h1-5,8-9H,6H2. The number of rotatable bonds is 2. The van der Waals surface area contributed by atoms with Crippen LogP contribution in [-0.4, -0.2) is 4.98 Å². The molecule has 0 fully saturated rings. The first kappa shape index (κ1) is 10.7. The van der Waals surface area contributed by atoms with Gasteiger partial charge in [-0.15, -0.1) is 0 Å². The van der Waals surface area contributed by atoms with Gasteiger partial charge in [0.2, 0.25) is 0 Å². The molecule has 1 aromatic heterocycles. The lowest BCUT2D eigenvalue weighted by atomic mass is 10.0. The Labute approximate surface area is 99.1 Å². The van der Waals surface area contributed by atoms with Crippen molar-refractivity contribution >= 4 is 11.6 Å². The molecule has 2 aromatic rings. The molecule has 0 atom stereocenters. The number of hydrogen-bond donors (Lipinski definition) is 0. The van der Waals surface area contributed by atoms with Gasteiger partial charge in [-0.1, -0.05) is 41.9 Å². The summed E-state index contributed by atoms with van der Waals surface area (Å²) in [5, 5.41) is 9.34. The molecule has 0 radical (unpaired) electrons. The van der Waals surface area contributed by atoms with Crippen molar-refractivity contribution in [3.8, 4) is 17.2 Å². The second kappa shape index (κ2) is 4.78. The summed E-state index contributed by atoms with van der Waals surface area (Å²) in [4.78, 5) is 4.01. The van der Waals surface area contributed by atoms with Crippen LogP contribution in [-0.2, 0) is 6.42 Å². The van der Waals surface area contributed by atoms with E-state index in [0.29, 0.717) is 11.4 Å². The predicted molar refractivity (Wildman–Crippen MR) is 64.0 cm³/mol. The van der Waals surface area contributed by atoms with Crippen molar-refractivity contribution in [3.63, 3.8) is 0 Å². The normalized spacial score (nSPS) is 9.75. The van der Waals surface area contributed by atoms with Crippen molar-refractivity contribution in [1.82, 2.24) is 4.98 Å². The fourth-order valence-electron chi connectivity index (χ4n) is 1.62. The predicted octanol–water partition coefficient (Wildman–Crippen LogP) is 3.47. The van der Waals surface area contributed by atoms with Gasteiger partial charge in [0.1, 0.15) is 0 Å². The van der Waals surface area contributed by atoms with E-state index in [1.165, 1.54) is 0 Å². The molecule has 0 amide bonds. The third-order valence-corrected chi connectivity index (χ3v) is 2.60. The van der Waals surface area contributed by atoms with E-state index in [0.717, 1.165) is 16.7 Å². The zero-order valence-electron chi connectivity index (χ0n) is 8.52. The van der Waals surface area contributed by atoms with E-state index in [2.05, 4.69) is 11.1 Å². The van der Waals surface area contributed by atoms with E-state index < -0.39 is 0 Å². The molecule has 2 nitrogen and oxygen atoms in total. The summed E-state index contributed by atoms with van der Waals surface area (Å²) in [5.74, 6) is 0. The molecule has 1 aromatic carbocycles. The Kier molecular flexibility index (Phi) is 3.19. The molecule has 2 rings (SSSR count). The quantitative estimate of drug-likeness (QED) is 0.789. The second-order valence-corrected chi connectivity index (χ2v) is 3.76. The van der Waals surface area contributed by atoms with E-state index in [1.54, 1.807) is 12.4 Å². The summed E-state index contributed by atoms with van der Waals surface area (Å²) in [6, 6.07) is 11.9. The highest BCUT2D eigenvalue weighted by Crippen LogP contribution is 2.30. The van der Waals surface area contributed by atoms with Crippen molar-refractivity contribution in [2.75, 3.05) is 0 Å². The van der Waals surface area contributed by atoms with Crippen LogP contribution in [0.15, 0.2) is 42.7 Å². The van der Waals surface area contributed by atoms with Gasteiger partial charge >= 0.3 is 0 Å². The Morgan fingerprint density at radius 2 is 1.94 bits per heavy atom. The average molecular weight is 229 g/mol. The Morgan fingerprint density at radius 3 is 2.62 bits per heavy atom. The molecule has 0 spiro atoms. The maximum atomic E-state index is 8.76. The Morgan fingerprint density at radius 1 is 1.19 bits per heavy atom.